The van der Waals surface area contributed by atoms with Crippen LogP contribution in [-0.2, 0) is 6.42 Å². The Balaban J connectivity index is 1.81. The van der Waals surface area contributed by atoms with Crippen LogP contribution in [0, 0.1) is 0 Å². The monoisotopic (exact) mass is 248 g/mol. The molecule has 1 aromatic rings. The predicted octanol–water partition coefficient (Wildman–Crippen LogP) is 3.48. The van der Waals surface area contributed by atoms with Crippen molar-refractivity contribution in [2.24, 2.45) is 0 Å². The second-order valence-electron chi connectivity index (χ2n) is 4.67. The minimum atomic E-state index is 0.610. The Morgan fingerprint density at radius 1 is 1.29 bits per heavy atom. The van der Waals surface area contributed by atoms with Gasteiger partial charge >= 0.3 is 0 Å². The number of rotatable bonds is 5. The first-order chi connectivity index (χ1) is 8.28. The second-order valence-corrected chi connectivity index (χ2v) is 5.08. The van der Waals surface area contributed by atoms with E-state index in [1.807, 2.05) is 0 Å². The van der Waals surface area contributed by atoms with Crippen LogP contribution in [0.2, 0.25) is 0 Å². The maximum Gasteiger partial charge on any atom is 0.170 e. The van der Waals surface area contributed by atoms with Crippen LogP contribution in [0.5, 0.6) is 0 Å². The molecule has 1 aliphatic carbocycles. The number of anilines is 1. The molecule has 0 aromatic heterocycles. The van der Waals surface area contributed by atoms with Crippen molar-refractivity contribution in [3.05, 3.63) is 29.8 Å². The van der Waals surface area contributed by atoms with E-state index < -0.39 is 0 Å². The van der Waals surface area contributed by atoms with Gasteiger partial charge in [-0.05, 0) is 55.6 Å². The highest BCUT2D eigenvalue weighted by atomic mass is 32.1. The summed E-state index contributed by atoms with van der Waals surface area (Å²) in [4.78, 5) is 0. The van der Waals surface area contributed by atoms with E-state index in [0.717, 1.165) is 10.8 Å². The molecule has 0 unspecified atom stereocenters. The normalized spacial score (nSPS) is 14.4. The third-order valence-corrected chi connectivity index (χ3v) is 3.16. The summed E-state index contributed by atoms with van der Waals surface area (Å²) in [5.74, 6) is 0. The Hall–Kier alpha value is -1.09. The smallest absolute Gasteiger partial charge is 0.170 e. The predicted molar refractivity (Wildman–Crippen MR) is 77.4 cm³/mol. The SMILES string of the molecule is CCCCc1ccc(NC(=S)NC2CC2)cc1. The summed E-state index contributed by atoms with van der Waals surface area (Å²) in [5.41, 5.74) is 2.47. The van der Waals surface area contributed by atoms with Crippen LogP contribution in [0.3, 0.4) is 0 Å². The van der Waals surface area contributed by atoms with Crippen LogP contribution in [0.1, 0.15) is 38.2 Å². The van der Waals surface area contributed by atoms with Crippen LogP contribution in [0.15, 0.2) is 24.3 Å². The number of thiocarbonyl (C=S) groups is 1. The molecular formula is C14H20N2S. The van der Waals surface area contributed by atoms with Gasteiger partial charge in [-0.15, -0.1) is 0 Å². The van der Waals surface area contributed by atoms with Crippen molar-refractivity contribution < 1.29 is 0 Å². The molecule has 92 valence electrons. The molecule has 1 fully saturated rings. The van der Waals surface area contributed by atoms with Gasteiger partial charge in [0.05, 0.1) is 0 Å². The molecular weight excluding hydrogens is 228 g/mol. The minimum absolute atomic E-state index is 0.610. The van der Waals surface area contributed by atoms with Crippen molar-refractivity contribution >= 4 is 23.0 Å². The molecule has 0 heterocycles. The van der Waals surface area contributed by atoms with E-state index in [1.165, 1.54) is 37.7 Å². The number of hydrogen-bond donors (Lipinski definition) is 2. The number of benzene rings is 1. The number of hydrogen-bond acceptors (Lipinski definition) is 1. The highest BCUT2D eigenvalue weighted by Crippen LogP contribution is 2.19. The summed E-state index contributed by atoms with van der Waals surface area (Å²) in [6.45, 7) is 2.22. The summed E-state index contributed by atoms with van der Waals surface area (Å²) in [7, 11) is 0. The highest BCUT2D eigenvalue weighted by molar-refractivity contribution is 7.80. The van der Waals surface area contributed by atoms with Crippen LogP contribution in [0.4, 0.5) is 5.69 Å². The molecule has 0 bridgehead atoms. The Morgan fingerprint density at radius 2 is 2.00 bits per heavy atom. The Bertz CT molecular complexity index is 368. The Kier molecular flexibility index (Phi) is 4.37. The lowest BCUT2D eigenvalue weighted by atomic mass is 10.1. The van der Waals surface area contributed by atoms with Gasteiger partial charge in [0.25, 0.3) is 0 Å². The summed E-state index contributed by atoms with van der Waals surface area (Å²) in [6.07, 6.45) is 6.17. The molecule has 1 aliphatic rings. The van der Waals surface area contributed by atoms with E-state index in [9.17, 15) is 0 Å². The van der Waals surface area contributed by atoms with Gasteiger partial charge in [-0.25, -0.2) is 0 Å². The average molecular weight is 248 g/mol. The summed E-state index contributed by atoms with van der Waals surface area (Å²) < 4.78 is 0. The number of unbranched alkanes of at least 4 members (excludes halogenated alkanes) is 1. The van der Waals surface area contributed by atoms with E-state index in [-0.39, 0.29) is 0 Å². The maximum absolute atomic E-state index is 5.23. The van der Waals surface area contributed by atoms with Gasteiger partial charge < -0.3 is 10.6 Å². The first kappa shape index (κ1) is 12.4. The zero-order chi connectivity index (χ0) is 12.1. The first-order valence-electron chi connectivity index (χ1n) is 6.44. The zero-order valence-corrected chi connectivity index (χ0v) is 11.1. The largest absolute Gasteiger partial charge is 0.360 e. The highest BCUT2D eigenvalue weighted by Gasteiger charge is 2.21. The quantitative estimate of drug-likeness (QED) is 0.780. The van der Waals surface area contributed by atoms with Crippen LogP contribution < -0.4 is 10.6 Å². The van der Waals surface area contributed by atoms with Gasteiger partial charge in [0.15, 0.2) is 5.11 Å². The van der Waals surface area contributed by atoms with Crippen LogP contribution in [-0.4, -0.2) is 11.2 Å². The standard InChI is InChI=1S/C14H20N2S/c1-2-3-4-11-5-7-12(8-6-11)15-14(17)16-13-9-10-13/h5-8,13H,2-4,9-10H2,1H3,(H2,15,16,17). The minimum Gasteiger partial charge on any atom is -0.360 e. The van der Waals surface area contributed by atoms with E-state index in [0.29, 0.717) is 6.04 Å². The lowest BCUT2D eigenvalue weighted by molar-refractivity contribution is 0.795. The average Bonchev–Trinajstić information content (AvgIpc) is 3.12. The van der Waals surface area contributed by atoms with Gasteiger partial charge in [0.1, 0.15) is 0 Å². The zero-order valence-electron chi connectivity index (χ0n) is 10.3. The van der Waals surface area contributed by atoms with E-state index in [1.54, 1.807) is 0 Å². The van der Waals surface area contributed by atoms with Crippen molar-refractivity contribution in [3.8, 4) is 0 Å². The second kappa shape index (κ2) is 6.01. The van der Waals surface area contributed by atoms with Crippen molar-refractivity contribution in [1.29, 1.82) is 0 Å². The van der Waals surface area contributed by atoms with Crippen molar-refractivity contribution in [2.75, 3.05) is 5.32 Å². The molecule has 2 N–H and O–H groups in total. The van der Waals surface area contributed by atoms with E-state index in [2.05, 4.69) is 41.8 Å². The van der Waals surface area contributed by atoms with E-state index in [4.69, 9.17) is 12.2 Å². The molecule has 0 saturated heterocycles. The fourth-order valence-electron chi connectivity index (χ4n) is 1.72. The van der Waals surface area contributed by atoms with Crippen molar-refractivity contribution in [1.82, 2.24) is 5.32 Å². The Morgan fingerprint density at radius 3 is 2.59 bits per heavy atom. The van der Waals surface area contributed by atoms with Gasteiger partial charge in [0, 0.05) is 11.7 Å². The van der Waals surface area contributed by atoms with Crippen LogP contribution >= 0.6 is 12.2 Å². The third-order valence-electron chi connectivity index (χ3n) is 2.94. The molecule has 1 aromatic carbocycles. The fraction of sp³-hybridized carbons (Fsp3) is 0.500. The molecule has 2 rings (SSSR count). The Labute approximate surface area is 109 Å². The molecule has 2 nitrogen and oxygen atoms in total. The molecule has 0 radical (unpaired) electrons. The van der Waals surface area contributed by atoms with Gasteiger partial charge in [-0.3, -0.25) is 0 Å². The van der Waals surface area contributed by atoms with E-state index >= 15 is 0 Å². The third kappa shape index (κ3) is 4.35. The van der Waals surface area contributed by atoms with Gasteiger partial charge in [0.2, 0.25) is 0 Å². The van der Waals surface area contributed by atoms with Crippen molar-refractivity contribution in [3.63, 3.8) is 0 Å². The van der Waals surface area contributed by atoms with Crippen LogP contribution in [0.25, 0.3) is 0 Å². The summed E-state index contributed by atoms with van der Waals surface area (Å²) >= 11 is 5.23. The number of aryl methyl sites for hydroxylation is 1. The molecule has 0 spiro atoms. The molecule has 0 amide bonds. The first-order valence-corrected chi connectivity index (χ1v) is 6.85. The number of nitrogens with one attached hydrogen (secondary N) is 2. The molecule has 0 aliphatic heterocycles. The lowest BCUT2D eigenvalue weighted by Gasteiger charge is -2.10. The molecule has 3 heteroatoms. The molecule has 0 atom stereocenters. The van der Waals surface area contributed by atoms with Crippen molar-refractivity contribution in [2.45, 2.75) is 45.1 Å². The lowest BCUT2D eigenvalue weighted by Crippen LogP contribution is -2.30. The fourth-order valence-corrected chi connectivity index (χ4v) is 2.00. The maximum atomic E-state index is 5.23. The topological polar surface area (TPSA) is 24.1 Å². The van der Waals surface area contributed by atoms with Gasteiger partial charge in [-0.2, -0.15) is 0 Å². The molecule has 1 saturated carbocycles. The molecule has 17 heavy (non-hydrogen) atoms. The summed E-state index contributed by atoms with van der Waals surface area (Å²) in [6, 6.07) is 9.17. The van der Waals surface area contributed by atoms with Gasteiger partial charge in [-0.1, -0.05) is 25.5 Å². The summed E-state index contributed by atoms with van der Waals surface area (Å²) in [5, 5.41) is 7.23.